The van der Waals surface area contributed by atoms with E-state index in [2.05, 4.69) is 11.6 Å². The van der Waals surface area contributed by atoms with Gasteiger partial charge in [-0.05, 0) is 68.1 Å². The minimum Gasteiger partial charge on any atom is -0.494 e. The first-order valence-corrected chi connectivity index (χ1v) is 13.5. The predicted molar refractivity (Wildman–Crippen MR) is 150 cm³/mol. The lowest BCUT2D eigenvalue weighted by molar-refractivity contribution is 0.0554. The molecule has 1 aliphatic rings. The second-order valence-electron chi connectivity index (χ2n) is 9.40. The van der Waals surface area contributed by atoms with Crippen LogP contribution in [-0.4, -0.2) is 30.1 Å². The van der Waals surface area contributed by atoms with Gasteiger partial charge in [0, 0.05) is 0 Å². The maximum Gasteiger partial charge on any atom is 0.350 e. The van der Waals surface area contributed by atoms with E-state index < -0.39 is 17.9 Å². The van der Waals surface area contributed by atoms with Gasteiger partial charge >= 0.3 is 5.97 Å². The molecule has 4 aromatic rings. The van der Waals surface area contributed by atoms with Crippen LogP contribution in [0.15, 0.2) is 58.3 Å². The number of amides is 1. The van der Waals surface area contributed by atoms with Gasteiger partial charge in [0.05, 0.1) is 29.3 Å². The number of thiazole rings is 1. The number of ether oxygens (including phenoxy) is 2. The van der Waals surface area contributed by atoms with E-state index in [0.29, 0.717) is 34.6 Å². The summed E-state index contributed by atoms with van der Waals surface area (Å²) >= 11 is 1.03. The summed E-state index contributed by atoms with van der Waals surface area (Å²) in [4.78, 5) is 46.7. The maximum atomic E-state index is 13.9. The van der Waals surface area contributed by atoms with E-state index in [9.17, 15) is 14.4 Å². The smallest absolute Gasteiger partial charge is 0.350 e. The van der Waals surface area contributed by atoms with Crippen molar-refractivity contribution < 1.29 is 23.5 Å². The SMILES string of the molecule is C=CCOC(=O)c1sc(N2C(=O)c3oc4cc(C)c(C)cc4c(=O)c3C2c2ccc(OCCC)cc2)nc1C. The van der Waals surface area contributed by atoms with Gasteiger partial charge in [0.15, 0.2) is 10.6 Å². The Kier molecular flexibility index (Phi) is 7.10. The van der Waals surface area contributed by atoms with Crippen molar-refractivity contribution >= 4 is 39.3 Å². The average molecular weight is 545 g/mol. The van der Waals surface area contributed by atoms with E-state index in [-0.39, 0.29) is 33.4 Å². The van der Waals surface area contributed by atoms with Crippen LogP contribution in [0.25, 0.3) is 11.0 Å². The van der Waals surface area contributed by atoms with E-state index in [1.807, 2.05) is 45.0 Å². The number of aryl methyl sites for hydroxylation is 3. The van der Waals surface area contributed by atoms with Gasteiger partial charge in [-0.3, -0.25) is 14.5 Å². The van der Waals surface area contributed by atoms with Crippen LogP contribution in [0.3, 0.4) is 0 Å². The molecule has 0 saturated carbocycles. The van der Waals surface area contributed by atoms with Crippen molar-refractivity contribution in [3.05, 3.63) is 97.9 Å². The summed E-state index contributed by atoms with van der Waals surface area (Å²) < 4.78 is 17.0. The zero-order valence-electron chi connectivity index (χ0n) is 22.2. The standard InChI is InChI=1S/C30H28N2O6S/c1-6-12-36-20-10-8-19(9-11-20)24-23-25(33)21-14-16(3)17(4)15-22(21)38-26(23)28(34)32(24)30-31-18(5)27(39-30)29(35)37-13-7-2/h7-11,14-15,24H,2,6,12-13H2,1,3-5H3. The third-order valence-corrected chi connectivity index (χ3v) is 7.80. The minimum absolute atomic E-state index is 0.0318. The number of hydrogen-bond acceptors (Lipinski definition) is 8. The molecule has 1 unspecified atom stereocenters. The summed E-state index contributed by atoms with van der Waals surface area (Å²) in [5, 5.41) is 0.671. The minimum atomic E-state index is -0.808. The van der Waals surface area contributed by atoms with Crippen LogP contribution in [-0.2, 0) is 4.74 Å². The molecule has 8 nitrogen and oxygen atoms in total. The van der Waals surface area contributed by atoms with Crippen LogP contribution >= 0.6 is 11.3 Å². The molecule has 0 radical (unpaired) electrons. The topological polar surface area (TPSA) is 98.9 Å². The highest BCUT2D eigenvalue weighted by Gasteiger charge is 2.45. The molecule has 39 heavy (non-hydrogen) atoms. The Labute approximate surface area is 229 Å². The Morgan fingerprint density at radius 1 is 1.15 bits per heavy atom. The number of carbonyl (C=O) groups excluding carboxylic acids is 2. The normalized spacial score (nSPS) is 14.5. The van der Waals surface area contributed by atoms with Crippen molar-refractivity contribution in [2.45, 2.75) is 40.2 Å². The number of anilines is 1. The number of rotatable bonds is 8. The van der Waals surface area contributed by atoms with Crippen LogP contribution < -0.4 is 15.1 Å². The van der Waals surface area contributed by atoms with E-state index in [4.69, 9.17) is 13.9 Å². The molecule has 0 saturated heterocycles. The van der Waals surface area contributed by atoms with Gasteiger partial charge < -0.3 is 13.9 Å². The lowest BCUT2D eigenvalue weighted by atomic mass is 9.97. The molecule has 0 fully saturated rings. The van der Waals surface area contributed by atoms with Crippen LogP contribution in [0, 0.1) is 20.8 Å². The second-order valence-corrected chi connectivity index (χ2v) is 10.4. The first-order valence-electron chi connectivity index (χ1n) is 12.6. The molecular weight excluding hydrogens is 516 g/mol. The largest absolute Gasteiger partial charge is 0.494 e. The molecule has 0 bridgehead atoms. The summed E-state index contributed by atoms with van der Waals surface area (Å²) in [6, 6.07) is 10.0. The molecule has 0 spiro atoms. The number of hydrogen-bond donors (Lipinski definition) is 0. The molecule has 200 valence electrons. The van der Waals surface area contributed by atoms with Crippen molar-refractivity contribution in [2.24, 2.45) is 0 Å². The van der Waals surface area contributed by atoms with Crippen molar-refractivity contribution in [2.75, 3.05) is 18.1 Å². The Hall–Kier alpha value is -4.24. The Morgan fingerprint density at radius 2 is 1.87 bits per heavy atom. The van der Waals surface area contributed by atoms with Gasteiger partial charge in [-0.1, -0.05) is 43.0 Å². The lowest BCUT2D eigenvalue weighted by Crippen LogP contribution is -2.29. The monoisotopic (exact) mass is 544 g/mol. The molecule has 1 amide bonds. The highest BCUT2D eigenvalue weighted by molar-refractivity contribution is 7.17. The van der Waals surface area contributed by atoms with Gasteiger partial charge in [0.1, 0.15) is 22.8 Å². The van der Waals surface area contributed by atoms with Crippen molar-refractivity contribution in [3.8, 4) is 5.75 Å². The highest BCUT2D eigenvalue weighted by atomic mass is 32.1. The Morgan fingerprint density at radius 3 is 2.56 bits per heavy atom. The first kappa shape index (κ1) is 26.4. The summed E-state index contributed by atoms with van der Waals surface area (Å²) in [5.74, 6) is -0.403. The molecular formula is C30H28N2O6S. The van der Waals surface area contributed by atoms with Crippen molar-refractivity contribution in [1.29, 1.82) is 0 Å². The molecule has 3 heterocycles. The van der Waals surface area contributed by atoms with Gasteiger partial charge in [0.2, 0.25) is 5.76 Å². The van der Waals surface area contributed by atoms with Crippen molar-refractivity contribution in [3.63, 3.8) is 0 Å². The number of carbonyl (C=O) groups is 2. The lowest BCUT2D eigenvalue weighted by Gasteiger charge is -2.22. The molecule has 9 heteroatoms. The quantitative estimate of drug-likeness (QED) is 0.196. The van der Waals surface area contributed by atoms with Crippen LogP contribution in [0.4, 0.5) is 5.13 Å². The first-order chi connectivity index (χ1) is 18.7. The number of nitrogens with zero attached hydrogens (tertiary/aromatic N) is 2. The molecule has 2 aromatic carbocycles. The van der Waals surface area contributed by atoms with Gasteiger partial charge in [0.25, 0.3) is 5.91 Å². The van der Waals surface area contributed by atoms with Crippen LogP contribution in [0.2, 0.25) is 0 Å². The number of benzene rings is 2. The average Bonchev–Trinajstić information content (AvgIpc) is 3.44. The Bertz CT molecular complexity index is 1670. The summed E-state index contributed by atoms with van der Waals surface area (Å²) in [5.41, 5.74) is 3.31. The third-order valence-electron chi connectivity index (χ3n) is 6.66. The van der Waals surface area contributed by atoms with Gasteiger partial charge in [-0.2, -0.15) is 0 Å². The summed E-state index contributed by atoms with van der Waals surface area (Å²) in [7, 11) is 0. The number of esters is 1. The molecule has 1 atom stereocenters. The van der Waals surface area contributed by atoms with E-state index >= 15 is 0 Å². The van der Waals surface area contributed by atoms with Crippen LogP contribution in [0.1, 0.15) is 67.6 Å². The summed E-state index contributed by atoms with van der Waals surface area (Å²) in [6.45, 7) is 11.8. The fraction of sp³-hybridized carbons (Fsp3) is 0.267. The number of aromatic nitrogens is 1. The molecule has 5 rings (SSSR count). The van der Waals surface area contributed by atoms with Crippen molar-refractivity contribution in [1.82, 2.24) is 4.98 Å². The number of fused-ring (bicyclic) bond motifs is 2. The molecule has 0 aliphatic carbocycles. The van der Waals surface area contributed by atoms with E-state index in [1.165, 1.54) is 11.0 Å². The van der Waals surface area contributed by atoms with E-state index in [1.54, 1.807) is 19.1 Å². The second kappa shape index (κ2) is 10.5. The molecule has 0 N–H and O–H groups in total. The Balaban J connectivity index is 1.69. The fourth-order valence-corrected chi connectivity index (χ4v) is 5.57. The zero-order valence-corrected chi connectivity index (χ0v) is 23.0. The van der Waals surface area contributed by atoms with E-state index in [0.717, 1.165) is 28.9 Å². The zero-order chi connectivity index (χ0) is 27.8. The van der Waals surface area contributed by atoms with Crippen LogP contribution in [0.5, 0.6) is 5.75 Å². The predicted octanol–water partition coefficient (Wildman–Crippen LogP) is 6.06. The fourth-order valence-electron chi connectivity index (χ4n) is 4.58. The maximum absolute atomic E-state index is 13.9. The van der Waals surface area contributed by atoms with Gasteiger partial charge in [-0.15, -0.1) is 0 Å². The summed E-state index contributed by atoms with van der Waals surface area (Å²) in [6.07, 6.45) is 2.35. The molecule has 1 aliphatic heterocycles. The highest BCUT2D eigenvalue weighted by Crippen LogP contribution is 2.43. The van der Waals surface area contributed by atoms with Gasteiger partial charge in [-0.25, -0.2) is 9.78 Å². The third kappa shape index (κ3) is 4.63. The molecule has 2 aromatic heterocycles.